The molecule has 2 N–H and O–H groups in total. The maximum absolute atomic E-state index is 12.2. The van der Waals surface area contributed by atoms with Gasteiger partial charge < -0.3 is 10.1 Å². The predicted octanol–water partition coefficient (Wildman–Crippen LogP) is 3.83. The number of aromatic nitrogens is 3. The first-order chi connectivity index (χ1) is 12.6. The highest BCUT2D eigenvalue weighted by Crippen LogP contribution is 2.28. The average Bonchev–Trinajstić information content (AvgIpc) is 3.12. The van der Waals surface area contributed by atoms with Crippen molar-refractivity contribution >= 4 is 23.4 Å². The maximum atomic E-state index is 12.2. The number of thioether (sulfide) groups is 1. The number of rotatable bonds is 6. The number of methoxy groups -OCH3 is 1. The molecule has 2 aromatic carbocycles. The van der Waals surface area contributed by atoms with E-state index in [0.717, 1.165) is 22.4 Å². The fourth-order valence-electron chi connectivity index (χ4n) is 2.47. The standard InChI is InChI=1S/C19H20N4O2S/c1-12-7-6-9-15(13(12)2)20-17(24)11-26-19-21-18(22-23-19)14-8-4-5-10-16(14)25-3/h4-10H,11H2,1-3H3,(H,20,24)(H,21,22,23). The van der Waals surface area contributed by atoms with Crippen LogP contribution in [-0.2, 0) is 4.79 Å². The number of ether oxygens (including phenoxy) is 1. The number of para-hydroxylation sites is 1. The Labute approximate surface area is 156 Å². The van der Waals surface area contributed by atoms with Crippen LogP contribution < -0.4 is 10.1 Å². The molecule has 0 atom stereocenters. The van der Waals surface area contributed by atoms with Gasteiger partial charge in [-0.25, -0.2) is 4.98 Å². The summed E-state index contributed by atoms with van der Waals surface area (Å²) in [5.41, 5.74) is 3.88. The van der Waals surface area contributed by atoms with Crippen molar-refractivity contribution in [3.8, 4) is 17.1 Å². The van der Waals surface area contributed by atoms with E-state index in [0.29, 0.717) is 16.7 Å². The Morgan fingerprint density at radius 3 is 2.81 bits per heavy atom. The smallest absolute Gasteiger partial charge is 0.234 e. The molecular formula is C19H20N4O2S. The molecular weight excluding hydrogens is 348 g/mol. The highest BCUT2D eigenvalue weighted by molar-refractivity contribution is 7.99. The van der Waals surface area contributed by atoms with E-state index >= 15 is 0 Å². The number of hydrogen-bond donors (Lipinski definition) is 2. The van der Waals surface area contributed by atoms with E-state index < -0.39 is 0 Å². The topological polar surface area (TPSA) is 79.9 Å². The van der Waals surface area contributed by atoms with Gasteiger partial charge in [0.15, 0.2) is 5.82 Å². The van der Waals surface area contributed by atoms with E-state index in [1.807, 2.05) is 56.3 Å². The van der Waals surface area contributed by atoms with E-state index in [1.165, 1.54) is 11.8 Å². The van der Waals surface area contributed by atoms with Crippen molar-refractivity contribution in [2.45, 2.75) is 19.0 Å². The molecule has 0 radical (unpaired) electrons. The van der Waals surface area contributed by atoms with Gasteiger partial charge in [0, 0.05) is 5.69 Å². The van der Waals surface area contributed by atoms with Crippen LogP contribution in [0.15, 0.2) is 47.6 Å². The van der Waals surface area contributed by atoms with E-state index in [2.05, 4.69) is 20.5 Å². The number of H-pyrrole nitrogens is 1. The van der Waals surface area contributed by atoms with Gasteiger partial charge in [-0.3, -0.25) is 9.89 Å². The Balaban J connectivity index is 1.63. The van der Waals surface area contributed by atoms with Crippen LogP contribution in [0.3, 0.4) is 0 Å². The highest BCUT2D eigenvalue weighted by atomic mass is 32.2. The molecule has 6 nitrogen and oxygen atoms in total. The first kappa shape index (κ1) is 18.0. The van der Waals surface area contributed by atoms with E-state index in [4.69, 9.17) is 4.74 Å². The van der Waals surface area contributed by atoms with Gasteiger partial charge in [0.25, 0.3) is 0 Å². The molecule has 0 aliphatic rings. The molecule has 3 aromatic rings. The van der Waals surface area contributed by atoms with Crippen LogP contribution >= 0.6 is 11.8 Å². The predicted molar refractivity (Wildman–Crippen MR) is 104 cm³/mol. The number of amides is 1. The summed E-state index contributed by atoms with van der Waals surface area (Å²) >= 11 is 1.28. The fraction of sp³-hybridized carbons (Fsp3) is 0.211. The summed E-state index contributed by atoms with van der Waals surface area (Å²) in [6.45, 7) is 4.01. The number of aryl methyl sites for hydroxylation is 1. The molecule has 0 aliphatic carbocycles. The maximum Gasteiger partial charge on any atom is 0.234 e. The minimum Gasteiger partial charge on any atom is -0.496 e. The van der Waals surface area contributed by atoms with Crippen LogP contribution in [-0.4, -0.2) is 34.0 Å². The third kappa shape index (κ3) is 4.05. The molecule has 1 heterocycles. The number of carbonyl (C=O) groups excluding carboxylic acids is 1. The van der Waals surface area contributed by atoms with E-state index in [1.54, 1.807) is 7.11 Å². The minimum atomic E-state index is -0.0904. The lowest BCUT2D eigenvalue weighted by Crippen LogP contribution is -2.15. The van der Waals surface area contributed by atoms with Gasteiger partial charge in [0.1, 0.15) is 5.75 Å². The van der Waals surface area contributed by atoms with Crippen LogP contribution in [0.4, 0.5) is 5.69 Å². The van der Waals surface area contributed by atoms with Gasteiger partial charge in [-0.1, -0.05) is 36.0 Å². The van der Waals surface area contributed by atoms with Crippen LogP contribution in [0, 0.1) is 13.8 Å². The van der Waals surface area contributed by atoms with Crippen LogP contribution in [0.25, 0.3) is 11.4 Å². The zero-order chi connectivity index (χ0) is 18.5. The molecule has 0 saturated carbocycles. The Kier molecular flexibility index (Phi) is 5.58. The summed E-state index contributed by atoms with van der Waals surface area (Å²) in [5, 5.41) is 10.5. The number of hydrogen-bond acceptors (Lipinski definition) is 5. The summed E-state index contributed by atoms with van der Waals surface area (Å²) in [5.74, 6) is 1.47. The Morgan fingerprint density at radius 2 is 2.00 bits per heavy atom. The van der Waals surface area contributed by atoms with Crippen molar-refractivity contribution in [3.05, 3.63) is 53.6 Å². The number of benzene rings is 2. The number of nitrogens with zero attached hydrogens (tertiary/aromatic N) is 2. The number of anilines is 1. The second kappa shape index (κ2) is 8.05. The first-order valence-electron chi connectivity index (χ1n) is 8.13. The molecule has 1 aromatic heterocycles. The second-order valence-electron chi connectivity index (χ2n) is 5.75. The molecule has 7 heteroatoms. The molecule has 0 fully saturated rings. The lowest BCUT2D eigenvalue weighted by atomic mass is 10.1. The SMILES string of the molecule is COc1ccccc1-c1nc(SCC(=O)Nc2cccc(C)c2C)n[nH]1. The number of carbonyl (C=O) groups is 1. The van der Waals surface area contributed by atoms with Crippen molar-refractivity contribution in [3.63, 3.8) is 0 Å². The van der Waals surface area contributed by atoms with Crippen molar-refractivity contribution in [1.82, 2.24) is 15.2 Å². The summed E-state index contributed by atoms with van der Waals surface area (Å²) in [6.07, 6.45) is 0. The molecule has 0 unspecified atom stereocenters. The quantitative estimate of drug-likeness (QED) is 0.647. The van der Waals surface area contributed by atoms with Gasteiger partial charge in [-0.05, 0) is 43.2 Å². The largest absolute Gasteiger partial charge is 0.496 e. The average molecular weight is 368 g/mol. The lowest BCUT2D eigenvalue weighted by molar-refractivity contribution is -0.113. The van der Waals surface area contributed by atoms with E-state index in [9.17, 15) is 4.79 Å². The first-order valence-corrected chi connectivity index (χ1v) is 9.11. The fourth-order valence-corrected chi connectivity index (χ4v) is 3.07. The van der Waals surface area contributed by atoms with Gasteiger partial charge in [0.2, 0.25) is 11.1 Å². The van der Waals surface area contributed by atoms with Gasteiger partial charge in [-0.15, -0.1) is 5.10 Å². The van der Waals surface area contributed by atoms with Crippen molar-refractivity contribution in [1.29, 1.82) is 0 Å². The van der Waals surface area contributed by atoms with Crippen molar-refractivity contribution < 1.29 is 9.53 Å². The van der Waals surface area contributed by atoms with Crippen molar-refractivity contribution in [2.24, 2.45) is 0 Å². The molecule has 1 amide bonds. The van der Waals surface area contributed by atoms with Crippen LogP contribution in [0.5, 0.6) is 5.75 Å². The Morgan fingerprint density at radius 1 is 1.19 bits per heavy atom. The van der Waals surface area contributed by atoms with E-state index in [-0.39, 0.29) is 11.7 Å². The van der Waals surface area contributed by atoms with Crippen LogP contribution in [0.2, 0.25) is 0 Å². The minimum absolute atomic E-state index is 0.0904. The lowest BCUT2D eigenvalue weighted by Gasteiger charge is -2.09. The Bertz CT molecular complexity index is 923. The number of aromatic amines is 1. The van der Waals surface area contributed by atoms with Crippen molar-refractivity contribution in [2.75, 3.05) is 18.2 Å². The normalized spacial score (nSPS) is 10.6. The second-order valence-corrected chi connectivity index (χ2v) is 6.69. The molecule has 0 spiro atoms. The van der Waals surface area contributed by atoms with Gasteiger partial charge >= 0.3 is 0 Å². The molecule has 0 bridgehead atoms. The summed E-state index contributed by atoms with van der Waals surface area (Å²) in [6, 6.07) is 13.4. The molecule has 0 aliphatic heterocycles. The third-order valence-corrected chi connectivity index (χ3v) is 4.89. The zero-order valence-corrected chi connectivity index (χ0v) is 15.7. The molecule has 3 rings (SSSR count). The molecule has 26 heavy (non-hydrogen) atoms. The summed E-state index contributed by atoms with van der Waals surface area (Å²) in [4.78, 5) is 16.6. The monoisotopic (exact) mass is 368 g/mol. The zero-order valence-electron chi connectivity index (χ0n) is 14.9. The summed E-state index contributed by atoms with van der Waals surface area (Å²) < 4.78 is 5.34. The van der Waals surface area contributed by atoms with Crippen LogP contribution in [0.1, 0.15) is 11.1 Å². The van der Waals surface area contributed by atoms with Gasteiger partial charge in [-0.2, -0.15) is 0 Å². The molecule has 0 saturated heterocycles. The van der Waals surface area contributed by atoms with Gasteiger partial charge in [0.05, 0.1) is 18.4 Å². The Hall–Kier alpha value is -2.80. The third-order valence-electron chi connectivity index (χ3n) is 4.04. The number of nitrogens with one attached hydrogen (secondary N) is 2. The molecule has 134 valence electrons. The highest BCUT2D eigenvalue weighted by Gasteiger charge is 2.12. The summed E-state index contributed by atoms with van der Waals surface area (Å²) in [7, 11) is 1.61.